The van der Waals surface area contributed by atoms with E-state index >= 15 is 0 Å². The zero-order valence-corrected chi connectivity index (χ0v) is 18.3. The maximum absolute atomic E-state index is 6.93. The van der Waals surface area contributed by atoms with Gasteiger partial charge in [-0.25, -0.2) is 0 Å². The lowest BCUT2D eigenvalue weighted by Gasteiger charge is -2.31. The number of allylic oxidation sites excluding steroid dienone is 3. The Morgan fingerprint density at radius 2 is 1.21 bits per heavy atom. The van der Waals surface area contributed by atoms with E-state index in [4.69, 9.17) is 4.43 Å². The minimum atomic E-state index is -2.75. The van der Waals surface area contributed by atoms with Gasteiger partial charge in [0.25, 0.3) is 0 Å². The van der Waals surface area contributed by atoms with Gasteiger partial charge in [-0.1, -0.05) is 103 Å². The van der Waals surface area contributed by atoms with Crippen LogP contribution in [0, 0.1) is 0 Å². The van der Waals surface area contributed by atoms with Gasteiger partial charge in [-0.3, -0.25) is 0 Å². The molecule has 3 aromatic rings. The third-order valence-electron chi connectivity index (χ3n) is 4.85. The number of rotatable bonds is 8. The molecule has 29 heavy (non-hydrogen) atoms. The zero-order valence-electron chi connectivity index (χ0n) is 17.3. The van der Waals surface area contributed by atoms with Crippen LogP contribution in [0.2, 0.25) is 0 Å². The lowest BCUT2D eigenvalue weighted by Crippen LogP contribution is -2.62. The Morgan fingerprint density at radius 1 is 0.759 bits per heavy atom. The van der Waals surface area contributed by atoms with E-state index in [9.17, 15) is 0 Å². The zero-order chi connectivity index (χ0) is 20.7. The van der Waals surface area contributed by atoms with Crippen LogP contribution < -0.4 is 14.8 Å². The highest BCUT2D eigenvalue weighted by Gasteiger charge is 2.40. The minimum Gasteiger partial charge on any atom is -0.531 e. The molecule has 0 aliphatic carbocycles. The third kappa shape index (κ3) is 5.04. The summed E-state index contributed by atoms with van der Waals surface area (Å²) in [7, 11) is -2.75. The van der Waals surface area contributed by atoms with Crippen LogP contribution in [0.25, 0.3) is 0 Å². The maximum Gasteiger partial charge on any atom is 0.340 e. The maximum atomic E-state index is 6.93. The van der Waals surface area contributed by atoms with Crippen LogP contribution in [-0.4, -0.2) is 8.32 Å². The second-order valence-electron chi connectivity index (χ2n) is 7.47. The molecule has 0 N–H and O–H groups in total. The Hall–Kier alpha value is -3.10. The van der Waals surface area contributed by atoms with E-state index in [1.165, 1.54) is 15.9 Å². The molecule has 0 spiro atoms. The van der Waals surface area contributed by atoms with Crippen molar-refractivity contribution in [1.29, 1.82) is 0 Å². The molecule has 1 nitrogen and oxygen atoms in total. The summed E-state index contributed by atoms with van der Waals surface area (Å²) < 4.78 is 6.93. The van der Waals surface area contributed by atoms with Gasteiger partial charge in [-0.2, -0.15) is 0 Å². The molecule has 0 aliphatic rings. The van der Waals surface area contributed by atoms with Gasteiger partial charge in [0.2, 0.25) is 0 Å². The minimum absolute atomic E-state index is 0.794. The van der Waals surface area contributed by atoms with Gasteiger partial charge in [-0.05, 0) is 54.0 Å². The van der Waals surface area contributed by atoms with Gasteiger partial charge in [0.15, 0.2) is 0 Å². The van der Waals surface area contributed by atoms with Gasteiger partial charge in [-0.15, -0.1) is 0 Å². The van der Waals surface area contributed by atoms with E-state index in [-0.39, 0.29) is 0 Å². The van der Waals surface area contributed by atoms with E-state index < -0.39 is 8.32 Å². The van der Waals surface area contributed by atoms with Gasteiger partial charge >= 0.3 is 8.32 Å². The Balaban J connectivity index is 2.30. The SMILES string of the molecule is C=C(C)C/C(=C\[Si](Oc1ccccc1)(c1ccccc1)c1ccccc1)C(=C)C. The molecule has 0 bridgehead atoms. The van der Waals surface area contributed by atoms with E-state index in [1.807, 2.05) is 42.5 Å². The van der Waals surface area contributed by atoms with Gasteiger partial charge < -0.3 is 4.43 Å². The second kappa shape index (κ2) is 9.40. The predicted molar refractivity (Wildman–Crippen MR) is 127 cm³/mol. The number of hydrogen-bond acceptors (Lipinski definition) is 1. The van der Waals surface area contributed by atoms with E-state index in [0.29, 0.717) is 0 Å². The molecule has 0 amide bonds. The summed E-state index contributed by atoms with van der Waals surface area (Å²) in [5, 5.41) is 2.41. The molecule has 0 unspecified atom stereocenters. The Labute approximate surface area is 175 Å². The first kappa shape index (κ1) is 20.6. The monoisotopic (exact) mass is 396 g/mol. The van der Waals surface area contributed by atoms with Crippen LogP contribution in [0.15, 0.2) is 127 Å². The van der Waals surface area contributed by atoms with Crippen LogP contribution in [0.1, 0.15) is 20.3 Å². The van der Waals surface area contributed by atoms with Crippen molar-refractivity contribution >= 4 is 18.7 Å². The van der Waals surface area contributed by atoms with Crippen LogP contribution in [0.4, 0.5) is 0 Å². The normalized spacial score (nSPS) is 11.7. The first-order valence-corrected chi connectivity index (χ1v) is 11.9. The highest BCUT2D eigenvalue weighted by Crippen LogP contribution is 2.23. The first-order chi connectivity index (χ1) is 14.0. The van der Waals surface area contributed by atoms with Crippen molar-refractivity contribution in [2.75, 3.05) is 0 Å². The fourth-order valence-corrected chi connectivity index (χ4v) is 7.11. The third-order valence-corrected chi connectivity index (χ3v) is 8.54. The fraction of sp³-hybridized carbons (Fsp3) is 0.111. The lowest BCUT2D eigenvalue weighted by atomic mass is 10.0. The molecule has 0 aliphatic heterocycles. The van der Waals surface area contributed by atoms with Crippen LogP contribution in [-0.2, 0) is 0 Å². The van der Waals surface area contributed by atoms with Crippen molar-refractivity contribution in [3.63, 3.8) is 0 Å². The summed E-state index contributed by atoms with van der Waals surface area (Å²) in [4.78, 5) is 0. The summed E-state index contributed by atoms with van der Waals surface area (Å²) in [6.07, 6.45) is 0.794. The average molecular weight is 397 g/mol. The molecular formula is C27H28OSi. The van der Waals surface area contributed by atoms with Crippen molar-refractivity contribution in [3.8, 4) is 5.75 Å². The second-order valence-corrected chi connectivity index (χ2v) is 10.6. The predicted octanol–water partition coefficient (Wildman–Crippen LogP) is 5.83. The summed E-state index contributed by atoms with van der Waals surface area (Å²) in [6.45, 7) is 12.5. The van der Waals surface area contributed by atoms with Crippen LogP contribution >= 0.6 is 0 Å². The first-order valence-electron chi connectivity index (χ1n) is 9.88. The van der Waals surface area contributed by atoms with Gasteiger partial charge in [0.05, 0.1) is 0 Å². The Morgan fingerprint density at radius 3 is 1.62 bits per heavy atom. The molecule has 146 valence electrons. The Bertz CT molecular complexity index is 949. The summed E-state index contributed by atoms with van der Waals surface area (Å²) in [5.41, 5.74) is 5.70. The topological polar surface area (TPSA) is 9.23 Å². The van der Waals surface area contributed by atoms with Gasteiger partial charge in [0.1, 0.15) is 5.75 Å². The summed E-state index contributed by atoms with van der Waals surface area (Å²) in [6, 6.07) is 31.2. The van der Waals surface area contributed by atoms with E-state index in [0.717, 1.165) is 23.3 Å². The molecule has 0 fully saturated rings. The van der Waals surface area contributed by atoms with Crippen molar-refractivity contribution in [1.82, 2.24) is 0 Å². The molecule has 0 heterocycles. The molecule has 0 saturated heterocycles. The fourth-order valence-electron chi connectivity index (χ4n) is 3.42. The molecule has 0 aromatic heterocycles. The number of benzene rings is 3. The van der Waals surface area contributed by atoms with Crippen LogP contribution in [0.3, 0.4) is 0 Å². The summed E-state index contributed by atoms with van der Waals surface area (Å²) >= 11 is 0. The molecule has 3 aromatic carbocycles. The smallest absolute Gasteiger partial charge is 0.340 e. The molecular weight excluding hydrogens is 368 g/mol. The highest BCUT2D eigenvalue weighted by atomic mass is 28.4. The highest BCUT2D eigenvalue weighted by molar-refractivity contribution is 7.01. The van der Waals surface area contributed by atoms with Crippen molar-refractivity contribution < 1.29 is 4.43 Å². The Kier molecular flexibility index (Phi) is 6.68. The summed E-state index contributed by atoms with van der Waals surface area (Å²) in [5.74, 6) is 0.875. The van der Waals surface area contributed by atoms with Gasteiger partial charge in [0, 0.05) is 0 Å². The van der Waals surface area contributed by atoms with E-state index in [1.54, 1.807) is 0 Å². The lowest BCUT2D eigenvalue weighted by molar-refractivity contribution is 0.575. The molecule has 0 radical (unpaired) electrons. The number of hydrogen-bond donors (Lipinski definition) is 0. The standard InChI is InChI=1S/C27H28OSi/c1-22(2)20-24(23(3)4)21-29(26-16-10-6-11-17-26,27-18-12-7-13-19-27)28-25-14-8-5-9-15-25/h5-19,21H,1,3,20H2,2,4H3/b24-21+. The van der Waals surface area contributed by atoms with Crippen LogP contribution in [0.5, 0.6) is 5.75 Å². The quantitative estimate of drug-likeness (QED) is 0.264. The largest absolute Gasteiger partial charge is 0.531 e. The molecule has 2 heteroatoms. The molecule has 3 rings (SSSR count). The van der Waals surface area contributed by atoms with Crippen molar-refractivity contribution in [2.24, 2.45) is 0 Å². The van der Waals surface area contributed by atoms with Crippen molar-refractivity contribution in [3.05, 3.63) is 127 Å². The van der Waals surface area contributed by atoms with Crippen molar-refractivity contribution in [2.45, 2.75) is 20.3 Å². The molecule has 0 atom stereocenters. The molecule has 0 saturated carbocycles. The number of para-hydroxylation sites is 1. The van der Waals surface area contributed by atoms with E-state index in [2.05, 4.69) is 81.2 Å². The average Bonchev–Trinajstić information content (AvgIpc) is 2.74.